The Labute approximate surface area is 152 Å². The Hall–Kier alpha value is -1.30. The lowest BCUT2D eigenvalue weighted by Gasteiger charge is -2.18. The molecule has 1 heterocycles. The van der Waals surface area contributed by atoms with Crippen LogP contribution in [0.15, 0.2) is 0 Å². The highest BCUT2D eigenvalue weighted by Crippen LogP contribution is 2.14. The van der Waals surface area contributed by atoms with Gasteiger partial charge in [0.05, 0.1) is 12.7 Å². The molecule has 0 aromatic heterocycles. The van der Waals surface area contributed by atoms with Crippen molar-refractivity contribution >= 4 is 12.1 Å². The van der Waals surface area contributed by atoms with Gasteiger partial charge in [0.2, 0.25) is 0 Å². The second-order valence-corrected chi connectivity index (χ2v) is 6.96. The van der Waals surface area contributed by atoms with Crippen LogP contribution in [0.4, 0.5) is 4.79 Å². The number of likely N-dealkylation sites (tertiary alicyclic amines) is 1. The minimum Gasteiger partial charge on any atom is -0.463 e. The smallest absolute Gasteiger partial charge is 0.463 e. The number of carbonyl (C=O) groups excluding carboxylic acids is 2. The van der Waals surface area contributed by atoms with Gasteiger partial charge in [-0.2, -0.15) is 0 Å². The summed E-state index contributed by atoms with van der Waals surface area (Å²) in [5.41, 5.74) is 0. The summed E-state index contributed by atoms with van der Waals surface area (Å²) < 4.78 is 15.7. The molecule has 1 aliphatic heterocycles. The molecule has 0 bridgehead atoms. The monoisotopic (exact) mass is 357 g/mol. The molecule has 1 atom stereocenters. The second kappa shape index (κ2) is 13.0. The van der Waals surface area contributed by atoms with E-state index in [1.54, 1.807) is 0 Å². The molecule has 0 spiro atoms. The van der Waals surface area contributed by atoms with Crippen LogP contribution in [0.5, 0.6) is 0 Å². The molecule has 6 nitrogen and oxygen atoms in total. The van der Waals surface area contributed by atoms with Gasteiger partial charge in [-0.05, 0) is 59.0 Å². The van der Waals surface area contributed by atoms with Gasteiger partial charge in [-0.15, -0.1) is 0 Å². The van der Waals surface area contributed by atoms with Crippen LogP contribution in [0.3, 0.4) is 0 Å². The van der Waals surface area contributed by atoms with E-state index in [2.05, 4.69) is 11.8 Å². The van der Waals surface area contributed by atoms with E-state index in [4.69, 9.17) is 14.2 Å². The molecule has 1 unspecified atom stereocenters. The van der Waals surface area contributed by atoms with E-state index in [0.29, 0.717) is 13.0 Å². The molecule has 0 N–H and O–H groups in total. The van der Waals surface area contributed by atoms with Gasteiger partial charge < -0.3 is 19.1 Å². The number of unbranched alkanes of at least 4 members (excludes halogenated alkanes) is 1. The Balaban J connectivity index is 2.22. The first-order chi connectivity index (χ1) is 12.0. The third kappa shape index (κ3) is 11.0. The summed E-state index contributed by atoms with van der Waals surface area (Å²) in [5, 5.41) is 0. The Morgan fingerprint density at radius 3 is 2.40 bits per heavy atom. The van der Waals surface area contributed by atoms with Gasteiger partial charge in [0, 0.05) is 13.0 Å². The van der Waals surface area contributed by atoms with Gasteiger partial charge >= 0.3 is 12.1 Å². The summed E-state index contributed by atoms with van der Waals surface area (Å²) in [7, 11) is 0. The topological polar surface area (TPSA) is 65.1 Å². The fraction of sp³-hybridized carbons (Fsp3) is 0.895. The van der Waals surface area contributed by atoms with E-state index < -0.39 is 6.16 Å². The van der Waals surface area contributed by atoms with Crippen LogP contribution in [-0.4, -0.2) is 55.5 Å². The van der Waals surface area contributed by atoms with Crippen LogP contribution in [0.25, 0.3) is 0 Å². The molecule has 0 saturated carbocycles. The van der Waals surface area contributed by atoms with E-state index in [-0.39, 0.29) is 24.6 Å². The highest BCUT2D eigenvalue weighted by molar-refractivity contribution is 5.69. The first kappa shape index (κ1) is 21.7. The number of hydrogen-bond donors (Lipinski definition) is 0. The molecule has 25 heavy (non-hydrogen) atoms. The lowest BCUT2D eigenvalue weighted by Crippen LogP contribution is -2.24. The van der Waals surface area contributed by atoms with Gasteiger partial charge in [0.15, 0.2) is 0 Å². The number of esters is 1. The van der Waals surface area contributed by atoms with Crippen molar-refractivity contribution in [2.75, 3.05) is 26.2 Å². The predicted molar refractivity (Wildman–Crippen MR) is 96.5 cm³/mol. The zero-order chi connectivity index (χ0) is 18.5. The average molecular weight is 357 g/mol. The van der Waals surface area contributed by atoms with Gasteiger partial charge in [-0.1, -0.05) is 19.8 Å². The number of ether oxygens (including phenoxy) is 3. The standard InChI is InChI=1S/C19H35NO5/c1-4-5-9-17(10-11-18(21)24-16(2)3)25-19(22)23-15-8-14-20-12-6-7-13-20/h16-17H,4-15H2,1-3H3. The maximum absolute atomic E-state index is 11.9. The molecule has 0 aromatic carbocycles. The van der Waals surface area contributed by atoms with Crippen molar-refractivity contribution < 1.29 is 23.8 Å². The zero-order valence-corrected chi connectivity index (χ0v) is 16.1. The van der Waals surface area contributed by atoms with E-state index in [1.807, 2.05) is 13.8 Å². The van der Waals surface area contributed by atoms with Crippen molar-refractivity contribution in [3.63, 3.8) is 0 Å². The lowest BCUT2D eigenvalue weighted by molar-refractivity contribution is -0.148. The minimum atomic E-state index is -0.625. The highest BCUT2D eigenvalue weighted by Gasteiger charge is 2.18. The van der Waals surface area contributed by atoms with Crippen LogP contribution in [-0.2, 0) is 19.0 Å². The normalized spacial score (nSPS) is 16.0. The first-order valence-electron chi connectivity index (χ1n) is 9.76. The van der Waals surface area contributed by atoms with Crippen molar-refractivity contribution in [1.29, 1.82) is 0 Å². The molecule has 1 rings (SSSR count). The largest absolute Gasteiger partial charge is 0.508 e. The molecule has 1 fully saturated rings. The quantitative estimate of drug-likeness (QED) is 0.390. The van der Waals surface area contributed by atoms with Crippen molar-refractivity contribution in [1.82, 2.24) is 4.90 Å². The molecule has 1 saturated heterocycles. The van der Waals surface area contributed by atoms with E-state index in [1.165, 1.54) is 12.8 Å². The molecule has 0 amide bonds. The van der Waals surface area contributed by atoms with Gasteiger partial charge in [0.1, 0.15) is 6.10 Å². The molecule has 6 heteroatoms. The van der Waals surface area contributed by atoms with Gasteiger partial charge in [0.25, 0.3) is 0 Å². The van der Waals surface area contributed by atoms with Crippen LogP contribution >= 0.6 is 0 Å². The Bertz CT molecular complexity index is 380. The van der Waals surface area contributed by atoms with Crippen molar-refractivity contribution in [2.45, 2.75) is 84.3 Å². The molecule has 0 radical (unpaired) electrons. The van der Waals surface area contributed by atoms with Crippen molar-refractivity contribution in [3.05, 3.63) is 0 Å². The minimum absolute atomic E-state index is 0.122. The fourth-order valence-corrected chi connectivity index (χ4v) is 2.91. The Kier molecular flexibility index (Phi) is 11.3. The van der Waals surface area contributed by atoms with Crippen LogP contribution in [0.2, 0.25) is 0 Å². The summed E-state index contributed by atoms with van der Waals surface area (Å²) in [4.78, 5) is 25.9. The summed E-state index contributed by atoms with van der Waals surface area (Å²) in [6.07, 6.45) is 5.77. The summed E-state index contributed by atoms with van der Waals surface area (Å²) >= 11 is 0. The maximum Gasteiger partial charge on any atom is 0.508 e. The fourth-order valence-electron chi connectivity index (χ4n) is 2.91. The molecular formula is C19H35NO5. The first-order valence-corrected chi connectivity index (χ1v) is 9.76. The number of hydrogen-bond acceptors (Lipinski definition) is 6. The Morgan fingerprint density at radius 1 is 1.04 bits per heavy atom. The lowest BCUT2D eigenvalue weighted by atomic mass is 10.1. The summed E-state index contributed by atoms with van der Waals surface area (Å²) in [6.45, 7) is 9.37. The third-order valence-corrected chi connectivity index (χ3v) is 4.22. The second-order valence-electron chi connectivity index (χ2n) is 6.96. The molecule has 0 aromatic rings. The summed E-state index contributed by atoms with van der Waals surface area (Å²) in [5.74, 6) is -0.251. The third-order valence-electron chi connectivity index (χ3n) is 4.22. The van der Waals surface area contributed by atoms with E-state index in [0.717, 1.165) is 45.3 Å². The molecule has 146 valence electrons. The molecular weight excluding hydrogens is 322 g/mol. The van der Waals surface area contributed by atoms with Gasteiger partial charge in [-0.3, -0.25) is 4.79 Å². The zero-order valence-electron chi connectivity index (χ0n) is 16.1. The maximum atomic E-state index is 11.9. The predicted octanol–water partition coefficient (Wildman–Crippen LogP) is 3.92. The molecule has 1 aliphatic rings. The number of nitrogens with zero attached hydrogens (tertiary/aromatic N) is 1. The van der Waals surface area contributed by atoms with Gasteiger partial charge in [-0.25, -0.2) is 4.79 Å². The highest BCUT2D eigenvalue weighted by atomic mass is 16.7. The average Bonchev–Trinajstić information content (AvgIpc) is 3.07. The molecule has 0 aliphatic carbocycles. The van der Waals surface area contributed by atoms with E-state index >= 15 is 0 Å². The van der Waals surface area contributed by atoms with E-state index in [9.17, 15) is 9.59 Å². The van der Waals surface area contributed by atoms with Crippen molar-refractivity contribution in [3.8, 4) is 0 Å². The SMILES string of the molecule is CCCCC(CCC(=O)OC(C)C)OC(=O)OCCCN1CCCC1. The summed E-state index contributed by atoms with van der Waals surface area (Å²) in [6, 6.07) is 0. The number of carbonyl (C=O) groups is 2. The Morgan fingerprint density at radius 2 is 1.76 bits per heavy atom. The van der Waals surface area contributed by atoms with Crippen LogP contribution in [0.1, 0.15) is 72.1 Å². The van der Waals surface area contributed by atoms with Crippen LogP contribution in [0, 0.1) is 0 Å². The number of rotatable bonds is 12. The van der Waals surface area contributed by atoms with Crippen LogP contribution < -0.4 is 0 Å². The van der Waals surface area contributed by atoms with Crippen molar-refractivity contribution in [2.24, 2.45) is 0 Å².